The van der Waals surface area contributed by atoms with Gasteiger partial charge in [-0.25, -0.2) is 4.39 Å². The van der Waals surface area contributed by atoms with Gasteiger partial charge in [0.15, 0.2) is 0 Å². The van der Waals surface area contributed by atoms with Gasteiger partial charge in [-0.1, -0.05) is 25.1 Å². The van der Waals surface area contributed by atoms with E-state index in [4.69, 9.17) is 9.78 Å². The van der Waals surface area contributed by atoms with Crippen molar-refractivity contribution in [3.8, 4) is 6.07 Å². The summed E-state index contributed by atoms with van der Waals surface area (Å²) in [5.41, 5.74) is 0.410. The minimum Gasteiger partial charge on any atom is -0.391 e. The molecule has 1 aliphatic rings. The highest BCUT2D eigenvalue weighted by Crippen LogP contribution is 2.30. The molecule has 1 fully saturated rings. The minimum absolute atomic E-state index is 0.0359. The summed E-state index contributed by atoms with van der Waals surface area (Å²) >= 11 is 0. The number of β-amino-alcohol motifs (C(OH)–C–C–N with tert-alkyl or cyclic N) is 1. The van der Waals surface area contributed by atoms with Crippen molar-refractivity contribution in [2.75, 3.05) is 6.54 Å². The van der Waals surface area contributed by atoms with Gasteiger partial charge >= 0.3 is 0 Å². The molecule has 1 aromatic carbocycles. The van der Waals surface area contributed by atoms with E-state index in [0.717, 1.165) is 0 Å². The molecule has 2 N–H and O–H groups in total. The Labute approximate surface area is 179 Å². The SMILES string of the molecule is CC(NC(=O)[C@@H]1C[C@@H](O)CN1C(=O)[C@@H](c1ccno1)C(C)C)c1ccc(C#N)c(F)c1. The van der Waals surface area contributed by atoms with Crippen LogP contribution < -0.4 is 5.32 Å². The first-order chi connectivity index (χ1) is 14.7. The molecule has 1 saturated heterocycles. The molecule has 4 atom stereocenters. The Bertz CT molecular complexity index is 986. The summed E-state index contributed by atoms with van der Waals surface area (Å²) in [6, 6.07) is 6.08. The van der Waals surface area contributed by atoms with Gasteiger partial charge in [-0.15, -0.1) is 0 Å². The van der Waals surface area contributed by atoms with Crippen LogP contribution in [0.1, 0.15) is 56.0 Å². The number of likely N-dealkylation sites (tertiary alicyclic amines) is 1. The summed E-state index contributed by atoms with van der Waals surface area (Å²) < 4.78 is 19.1. The molecule has 0 bridgehead atoms. The van der Waals surface area contributed by atoms with Crippen LogP contribution in [0.25, 0.3) is 0 Å². The number of aromatic nitrogens is 1. The third-order valence-corrected chi connectivity index (χ3v) is 5.53. The summed E-state index contributed by atoms with van der Waals surface area (Å²) in [5.74, 6) is -1.76. The summed E-state index contributed by atoms with van der Waals surface area (Å²) in [6.45, 7) is 5.46. The van der Waals surface area contributed by atoms with Gasteiger partial charge in [0, 0.05) is 19.0 Å². The van der Waals surface area contributed by atoms with E-state index in [2.05, 4.69) is 10.5 Å². The van der Waals surface area contributed by atoms with Gasteiger partial charge in [0.1, 0.15) is 29.6 Å². The highest BCUT2D eigenvalue weighted by molar-refractivity contribution is 5.91. The summed E-state index contributed by atoms with van der Waals surface area (Å²) in [4.78, 5) is 27.6. The zero-order chi connectivity index (χ0) is 22.7. The van der Waals surface area contributed by atoms with Crippen LogP contribution in [0.2, 0.25) is 0 Å². The predicted molar refractivity (Wildman–Crippen MR) is 108 cm³/mol. The maximum absolute atomic E-state index is 13.9. The molecule has 8 nitrogen and oxygen atoms in total. The summed E-state index contributed by atoms with van der Waals surface area (Å²) in [5, 5.41) is 25.5. The summed E-state index contributed by atoms with van der Waals surface area (Å²) in [6.07, 6.45) is 0.733. The lowest BCUT2D eigenvalue weighted by molar-refractivity contribution is -0.141. The molecule has 0 spiro atoms. The van der Waals surface area contributed by atoms with Crippen molar-refractivity contribution in [3.05, 3.63) is 53.2 Å². The number of hydrogen-bond donors (Lipinski definition) is 2. The molecule has 1 aliphatic heterocycles. The first-order valence-electron chi connectivity index (χ1n) is 10.1. The number of halogens is 1. The normalized spacial score (nSPS) is 20.4. The van der Waals surface area contributed by atoms with E-state index < -0.39 is 35.8 Å². The quantitative estimate of drug-likeness (QED) is 0.728. The second-order valence-corrected chi connectivity index (χ2v) is 8.11. The smallest absolute Gasteiger partial charge is 0.243 e. The Balaban J connectivity index is 1.77. The van der Waals surface area contributed by atoms with Crippen molar-refractivity contribution in [1.82, 2.24) is 15.4 Å². The molecule has 2 heterocycles. The third-order valence-electron chi connectivity index (χ3n) is 5.53. The Morgan fingerprint density at radius 3 is 2.68 bits per heavy atom. The highest BCUT2D eigenvalue weighted by atomic mass is 19.1. The van der Waals surface area contributed by atoms with Gasteiger partial charge in [0.2, 0.25) is 11.8 Å². The molecule has 2 amide bonds. The maximum Gasteiger partial charge on any atom is 0.243 e. The van der Waals surface area contributed by atoms with Crippen molar-refractivity contribution >= 4 is 11.8 Å². The molecular formula is C22H25FN4O4. The fourth-order valence-corrected chi connectivity index (χ4v) is 3.89. The van der Waals surface area contributed by atoms with Crippen molar-refractivity contribution in [2.45, 2.75) is 51.3 Å². The van der Waals surface area contributed by atoms with Crippen LogP contribution in [-0.4, -0.2) is 45.7 Å². The van der Waals surface area contributed by atoms with Gasteiger partial charge in [-0.3, -0.25) is 9.59 Å². The Hall–Kier alpha value is -3.25. The van der Waals surface area contributed by atoms with Crippen LogP contribution in [0, 0.1) is 23.1 Å². The van der Waals surface area contributed by atoms with E-state index in [-0.39, 0.29) is 30.4 Å². The lowest BCUT2D eigenvalue weighted by Crippen LogP contribution is -2.48. The molecule has 0 aliphatic carbocycles. The zero-order valence-electron chi connectivity index (χ0n) is 17.6. The first kappa shape index (κ1) is 22.4. The van der Waals surface area contributed by atoms with Crippen LogP contribution in [0.15, 0.2) is 35.0 Å². The van der Waals surface area contributed by atoms with Crippen molar-refractivity contribution < 1.29 is 23.6 Å². The highest BCUT2D eigenvalue weighted by Gasteiger charge is 2.43. The van der Waals surface area contributed by atoms with Crippen LogP contribution >= 0.6 is 0 Å². The predicted octanol–water partition coefficient (Wildman–Crippen LogP) is 2.26. The molecule has 164 valence electrons. The molecule has 0 radical (unpaired) electrons. The standard InChI is InChI=1S/C22H25FN4O4/c1-12(2)20(19-6-7-25-31-19)22(30)27-11-16(28)9-18(27)21(29)26-13(3)14-4-5-15(10-24)17(23)8-14/h4-8,12-13,16,18,20,28H,9,11H2,1-3H3,(H,26,29)/t13?,16-,18+,20-/m1/s1. The number of nitrogens with one attached hydrogen (secondary N) is 1. The number of nitrogens with zero attached hydrogens (tertiary/aromatic N) is 3. The first-order valence-corrected chi connectivity index (χ1v) is 10.1. The zero-order valence-corrected chi connectivity index (χ0v) is 17.6. The number of aliphatic hydroxyl groups is 1. The molecule has 1 unspecified atom stereocenters. The molecule has 2 aromatic rings. The van der Waals surface area contributed by atoms with E-state index in [9.17, 15) is 19.1 Å². The molecule has 3 rings (SSSR count). The van der Waals surface area contributed by atoms with Gasteiger partial charge in [0.25, 0.3) is 0 Å². The van der Waals surface area contributed by atoms with E-state index >= 15 is 0 Å². The number of aliphatic hydroxyl groups excluding tert-OH is 1. The molecule has 1 aromatic heterocycles. The van der Waals surface area contributed by atoms with Gasteiger partial charge in [0.05, 0.1) is 23.9 Å². The van der Waals surface area contributed by atoms with E-state index in [0.29, 0.717) is 11.3 Å². The number of nitriles is 1. The van der Waals surface area contributed by atoms with E-state index in [1.165, 1.54) is 23.2 Å². The minimum atomic E-state index is -0.864. The Kier molecular flexibility index (Phi) is 6.71. The van der Waals surface area contributed by atoms with Crippen LogP contribution in [-0.2, 0) is 9.59 Å². The fraction of sp³-hybridized carbons (Fsp3) is 0.455. The van der Waals surface area contributed by atoms with Crippen molar-refractivity contribution in [2.24, 2.45) is 5.92 Å². The number of carbonyl (C=O) groups is 2. The lowest BCUT2D eigenvalue weighted by Gasteiger charge is -2.29. The average Bonchev–Trinajstić information content (AvgIpc) is 3.37. The molecule has 31 heavy (non-hydrogen) atoms. The summed E-state index contributed by atoms with van der Waals surface area (Å²) in [7, 11) is 0. The topological polar surface area (TPSA) is 119 Å². The Morgan fingerprint density at radius 1 is 1.35 bits per heavy atom. The second kappa shape index (κ2) is 9.27. The average molecular weight is 428 g/mol. The fourth-order valence-electron chi connectivity index (χ4n) is 3.89. The molecule has 9 heteroatoms. The third kappa shape index (κ3) is 4.75. The maximum atomic E-state index is 13.9. The number of benzene rings is 1. The van der Waals surface area contributed by atoms with E-state index in [1.54, 1.807) is 25.1 Å². The van der Waals surface area contributed by atoms with Gasteiger partial charge < -0.3 is 19.8 Å². The van der Waals surface area contributed by atoms with Crippen LogP contribution in [0.4, 0.5) is 4.39 Å². The number of carbonyl (C=O) groups excluding carboxylic acids is 2. The van der Waals surface area contributed by atoms with Gasteiger partial charge in [-0.05, 0) is 30.5 Å². The number of hydrogen-bond acceptors (Lipinski definition) is 6. The van der Waals surface area contributed by atoms with Crippen molar-refractivity contribution in [1.29, 1.82) is 5.26 Å². The van der Waals surface area contributed by atoms with Crippen molar-refractivity contribution in [3.63, 3.8) is 0 Å². The van der Waals surface area contributed by atoms with Gasteiger partial charge in [-0.2, -0.15) is 5.26 Å². The van der Waals surface area contributed by atoms with Crippen LogP contribution in [0.5, 0.6) is 0 Å². The van der Waals surface area contributed by atoms with Crippen LogP contribution in [0.3, 0.4) is 0 Å². The monoisotopic (exact) mass is 428 g/mol. The largest absolute Gasteiger partial charge is 0.391 e. The number of rotatable bonds is 6. The second-order valence-electron chi connectivity index (χ2n) is 8.11. The lowest BCUT2D eigenvalue weighted by atomic mass is 9.91. The van der Waals surface area contributed by atoms with E-state index in [1.807, 2.05) is 13.8 Å². The molecule has 0 saturated carbocycles. The number of amides is 2. The molecular weight excluding hydrogens is 403 g/mol. The Morgan fingerprint density at radius 2 is 2.10 bits per heavy atom.